The number of halogens is 1. The van der Waals surface area contributed by atoms with E-state index in [9.17, 15) is 19.7 Å². The first-order chi connectivity index (χ1) is 13.2. The maximum atomic E-state index is 12.3. The lowest BCUT2D eigenvalue weighted by atomic mass is 10.1. The number of non-ortho nitro benzene ring substituents is 1. The number of nitro benzene ring substituents is 1. The van der Waals surface area contributed by atoms with Crippen LogP contribution in [0.25, 0.3) is 0 Å². The molecule has 0 radical (unpaired) electrons. The Morgan fingerprint density at radius 1 is 1.18 bits per heavy atom. The second kappa shape index (κ2) is 8.82. The first kappa shape index (κ1) is 20.6. The van der Waals surface area contributed by atoms with Gasteiger partial charge in [-0.3, -0.25) is 25.1 Å². The minimum absolute atomic E-state index is 0.0131. The van der Waals surface area contributed by atoms with Crippen molar-refractivity contribution in [3.63, 3.8) is 0 Å². The van der Waals surface area contributed by atoms with E-state index in [1.54, 1.807) is 12.1 Å². The molecule has 0 aliphatic rings. The van der Waals surface area contributed by atoms with Gasteiger partial charge in [-0.05, 0) is 12.1 Å². The summed E-state index contributed by atoms with van der Waals surface area (Å²) in [6, 6.07) is 8.09. The highest BCUT2D eigenvalue weighted by Crippen LogP contribution is 2.23. The van der Waals surface area contributed by atoms with Crippen molar-refractivity contribution in [2.75, 3.05) is 6.61 Å². The zero-order valence-corrected chi connectivity index (χ0v) is 15.2. The van der Waals surface area contributed by atoms with Crippen LogP contribution in [0.5, 0.6) is 5.75 Å². The highest BCUT2D eigenvalue weighted by Gasteiger charge is 2.15. The van der Waals surface area contributed by atoms with Crippen molar-refractivity contribution in [3.05, 3.63) is 68.2 Å². The van der Waals surface area contributed by atoms with Gasteiger partial charge in [0.1, 0.15) is 11.6 Å². The van der Waals surface area contributed by atoms with Crippen molar-refractivity contribution in [3.8, 4) is 5.75 Å². The molecule has 28 heavy (non-hydrogen) atoms. The number of nitrogens with zero attached hydrogens (tertiary/aromatic N) is 1. The number of nitrogens with two attached hydrogens (primary N) is 2. The molecule has 0 fully saturated rings. The molecule has 0 heterocycles. The molecule has 0 atom stereocenters. The lowest BCUT2D eigenvalue weighted by Crippen LogP contribution is -2.24. The molecule has 11 heteroatoms. The average molecular weight is 406 g/mol. The van der Waals surface area contributed by atoms with Crippen LogP contribution in [-0.2, 0) is 11.3 Å². The number of nitrogens with one attached hydrogen (secondary N) is 2. The number of hydrogen-bond acceptors (Lipinski definition) is 6. The third-order valence-electron chi connectivity index (χ3n) is 3.54. The number of rotatable bonds is 8. The summed E-state index contributed by atoms with van der Waals surface area (Å²) in [4.78, 5) is 33.5. The van der Waals surface area contributed by atoms with E-state index in [0.717, 1.165) is 12.1 Å². The van der Waals surface area contributed by atoms with Crippen LogP contribution < -0.4 is 21.5 Å². The van der Waals surface area contributed by atoms with Gasteiger partial charge in [-0.25, -0.2) is 0 Å². The number of primary amides is 1. The van der Waals surface area contributed by atoms with Crippen LogP contribution in [-0.4, -0.2) is 29.2 Å². The van der Waals surface area contributed by atoms with Gasteiger partial charge in [0, 0.05) is 40.4 Å². The summed E-state index contributed by atoms with van der Waals surface area (Å²) in [5.41, 5.74) is 11.1. The predicted octanol–water partition coefficient (Wildman–Crippen LogP) is 1.33. The Morgan fingerprint density at radius 3 is 2.50 bits per heavy atom. The average Bonchev–Trinajstić information content (AvgIpc) is 2.63. The van der Waals surface area contributed by atoms with E-state index in [1.807, 2.05) is 0 Å². The molecule has 0 unspecified atom stereocenters. The summed E-state index contributed by atoms with van der Waals surface area (Å²) in [5.74, 6) is -1.29. The van der Waals surface area contributed by atoms with Crippen LogP contribution in [0.2, 0.25) is 5.02 Å². The van der Waals surface area contributed by atoms with Crippen LogP contribution in [0.4, 0.5) is 5.69 Å². The van der Waals surface area contributed by atoms with Crippen molar-refractivity contribution < 1.29 is 19.2 Å². The van der Waals surface area contributed by atoms with E-state index in [0.29, 0.717) is 11.1 Å². The second-order valence-corrected chi connectivity index (χ2v) is 6.07. The summed E-state index contributed by atoms with van der Waals surface area (Å²) < 4.78 is 5.31. The van der Waals surface area contributed by atoms with E-state index in [2.05, 4.69) is 5.32 Å². The Balaban J connectivity index is 2.21. The number of benzene rings is 2. The van der Waals surface area contributed by atoms with E-state index in [1.165, 1.54) is 12.1 Å². The van der Waals surface area contributed by atoms with Crippen molar-refractivity contribution in [2.45, 2.75) is 6.54 Å². The minimum atomic E-state index is -0.700. The van der Waals surface area contributed by atoms with E-state index in [-0.39, 0.29) is 34.4 Å². The fourth-order valence-corrected chi connectivity index (χ4v) is 2.47. The van der Waals surface area contributed by atoms with Crippen LogP contribution in [0, 0.1) is 15.5 Å². The van der Waals surface area contributed by atoms with Gasteiger partial charge >= 0.3 is 0 Å². The lowest BCUT2D eigenvalue weighted by molar-refractivity contribution is -0.384. The smallest absolute Gasteiger partial charge is 0.271 e. The Kier molecular flexibility index (Phi) is 6.51. The summed E-state index contributed by atoms with van der Waals surface area (Å²) in [7, 11) is 0. The normalized spacial score (nSPS) is 10.2. The predicted molar refractivity (Wildman–Crippen MR) is 101 cm³/mol. The monoisotopic (exact) mass is 405 g/mol. The van der Waals surface area contributed by atoms with Crippen LogP contribution in [0.15, 0.2) is 36.4 Å². The molecule has 2 aromatic rings. The number of nitrogen functional groups attached to an aromatic ring is 1. The molecule has 0 saturated heterocycles. The molecule has 0 saturated carbocycles. The molecular formula is C17H16ClN5O5. The molecule has 2 amide bonds. The molecule has 0 aliphatic heterocycles. The molecule has 10 nitrogen and oxygen atoms in total. The van der Waals surface area contributed by atoms with Gasteiger partial charge in [-0.15, -0.1) is 0 Å². The quantitative estimate of drug-likeness (QED) is 0.223. The van der Waals surface area contributed by atoms with Gasteiger partial charge in [0.05, 0.1) is 4.92 Å². The lowest BCUT2D eigenvalue weighted by Gasteiger charge is -2.13. The molecule has 6 N–H and O–H groups in total. The highest BCUT2D eigenvalue weighted by atomic mass is 35.5. The molecule has 2 rings (SSSR count). The number of hydrogen-bond donors (Lipinski definition) is 4. The number of carbonyl (C=O) groups is 2. The number of amidine groups is 1. The molecule has 146 valence electrons. The molecule has 0 aliphatic carbocycles. The van der Waals surface area contributed by atoms with Crippen molar-refractivity contribution in [1.82, 2.24) is 5.32 Å². The van der Waals surface area contributed by atoms with Crippen LogP contribution in [0.1, 0.15) is 21.5 Å². The number of nitro groups is 1. The third kappa shape index (κ3) is 5.42. The first-order valence-electron chi connectivity index (χ1n) is 7.79. The van der Waals surface area contributed by atoms with Gasteiger partial charge in [-0.1, -0.05) is 23.7 Å². The number of carbonyl (C=O) groups excluding carboxylic acids is 2. The molecule has 0 aromatic heterocycles. The first-order valence-corrected chi connectivity index (χ1v) is 8.16. The Hall–Kier alpha value is -3.66. The Morgan fingerprint density at radius 2 is 1.89 bits per heavy atom. The summed E-state index contributed by atoms with van der Waals surface area (Å²) in [6.07, 6.45) is 0. The summed E-state index contributed by atoms with van der Waals surface area (Å²) >= 11 is 5.82. The SMILES string of the molecule is N=C(N)c1ccc(CNC(=O)c2cc(Cl)cc([N+](=O)[O-])c2)c(OCC(N)=O)c1. The highest BCUT2D eigenvalue weighted by molar-refractivity contribution is 6.31. The summed E-state index contributed by atoms with van der Waals surface area (Å²) in [5, 5.41) is 21.0. The summed E-state index contributed by atoms with van der Waals surface area (Å²) in [6.45, 7) is -0.422. The van der Waals surface area contributed by atoms with Gasteiger partial charge < -0.3 is 21.5 Å². The molecule has 2 aromatic carbocycles. The van der Waals surface area contributed by atoms with Crippen LogP contribution in [0.3, 0.4) is 0 Å². The van der Waals surface area contributed by atoms with Crippen molar-refractivity contribution in [2.24, 2.45) is 11.5 Å². The van der Waals surface area contributed by atoms with Gasteiger partial charge in [-0.2, -0.15) is 0 Å². The molecule has 0 spiro atoms. The number of amides is 2. The Bertz CT molecular complexity index is 963. The topological polar surface area (TPSA) is 174 Å². The zero-order valence-electron chi connectivity index (χ0n) is 14.4. The Labute approximate surface area is 164 Å². The molecule has 0 bridgehead atoms. The minimum Gasteiger partial charge on any atom is -0.483 e. The van der Waals surface area contributed by atoms with Gasteiger partial charge in [0.15, 0.2) is 6.61 Å². The maximum absolute atomic E-state index is 12.3. The van der Waals surface area contributed by atoms with E-state index < -0.39 is 23.3 Å². The largest absolute Gasteiger partial charge is 0.483 e. The standard InChI is InChI=1S/C17H16ClN5O5/c18-12-3-11(4-13(6-12)23(26)27)17(25)22-7-10-2-1-9(16(20)21)5-14(10)28-8-15(19)24/h1-6H,7-8H2,(H2,19,24)(H3,20,21)(H,22,25). The van der Waals surface area contributed by atoms with E-state index >= 15 is 0 Å². The van der Waals surface area contributed by atoms with Crippen LogP contribution >= 0.6 is 11.6 Å². The third-order valence-corrected chi connectivity index (χ3v) is 3.76. The van der Waals surface area contributed by atoms with E-state index in [4.69, 9.17) is 33.2 Å². The van der Waals surface area contributed by atoms with Crippen molar-refractivity contribution >= 4 is 34.9 Å². The fourth-order valence-electron chi connectivity index (χ4n) is 2.24. The van der Waals surface area contributed by atoms with Gasteiger partial charge in [0.25, 0.3) is 17.5 Å². The maximum Gasteiger partial charge on any atom is 0.271 e. The second-order valence-electron chi connectivity index (χ2n) is 5.63. The number of ether oxygens (including phenoxy) is 1. The van der Waals surface area contributed by atoms with Gasteiger partial charge in [0.2, 0.25) is 0 Å². The van der Waals surface area contributed by atoms with Crippen molar-refractivity contribution in [1.29, 1.82) is 5.41 Å². The molecular weight excluding hydrogens is 390 g/mol. The fraction of sp³-hybridized carbons (Fsp3) is 0.118. The zero-order chi connectivity index (χ0) is 20.8.